The molecule has 0 fully saturated rings. The van der Waals surface area contributed by atoms with Crippen LogP contribution in [0.4, 0.5) is 9.59 Å². The molecule has 206 valence electrons. The molecule has 2 rings (SSSR count). The zero-order valence-electron chi connectivity index (χ0n) is 23.1. The summed E-state index contributed by atoms with van der Waals surface area (Å²) >= 11 is 0. The number of rotatable bonds is 8. The van der Waals surface area contributed by atoms with Gasteiger partial charge in [-0.1, -0.05) is 50.5 Å². The van der Waals surface area contributed by atoms with E-state index in [2.05, 4.69) is 29.0 Å². The van der Waals surface area contributed by atoms with Crippen LogP contribution >= 0.6 is 0 Å². The SMILES string of the molecule is CC[Si](CC)(CC)O[C@]12C#C/C=C\C#C[C@@H](O)C(=C(NC(=O)OC)C(OC(=O)OC(C)(C)C)=C1)/C2=C\CO. The molecule has 0 heterocycles. The van der Waals surface area contributed by atoms with Gasteiger partial charge in [0.25, 0.3) is 0 Å². The molecular weight excluding hydrogens is 506 g/mol. The number of aliphatic hydroxyl groups excluding tert-OH is 2. The van der Waals surface area contributed by atoms with Crippen LogP contribution in [-0.2, 0) is 18.6 Å². The summed E-state index contributed by atoms with van der Waals surface area (Å²) in [4.78, 5) is 25.2. The summed E-state index contributed by atoms with van der Waals surface area (Å²) in [5.41, 5.74) is -2.18. The number of ether oxygens (including phenoxy) is 3. The van der Waals surface area contributed by atoms with E-state index in [-0.39, 0.29) is 22.6 Å². The van der Waals surface area contributed by atoms with Crippen LogP contribution in [0.2, 0.25) is 18.1 Å². The highest BCUT2D eigenvalue weighted by atomic mass is 28.4. The van der Waals surface area contributed by atoms with Crippen molar-refractivity contribution in [2.75, 3.05) is 13.7 Å². The molecule has 2 aliphatic carbocycles. The van der Waals surface area contributed by atoms with E-state index in [0.29, 0.717) is 0 Å². The summed E-state index contributed by atoms with van der Waals surface area (Å²) in [5, 5.41) is 23.8. The van der Waals surface area contributed by atoms with Crippen LogP contribution < -0.4 is 5.32 Å². The Hall–Kier alpha value is -3.28. The fourth-order valence-electron chi connectivity index (χ4n) is 4.11. The van der Waals surface area contributed by atoms with Crippen LogP contribution in [0.3, 0.4) is 0 Å². The molecule has 0 aliphatic heterocycles. The number of carbonyl (C=O) groups excluding carboxylic acids is 2. The number of fused-ring (bicyclic) bond motifs is 2. The largest absolute Gasteiger partial charge is 0.514 e. The summed E-state index contributed by atoms with van der Waals surface area (Å²) in [7, 11) is -1.27. The Bertz CT molecular complexity index is 1160. The highest BCUT2D eigenvalue weighted by Gasteiger charge is 2.48. The van der Waals surface area contributed by atoms with E-state index in [9.17, 15) is 19.8 Å². The zero-order chi connectivity index (χ0) is 28.6. The predicted octanol–water partition coefficient (Wildman–Crippen LogP) is 4.06. The smallest absolute Gasteiger partial charge is 0.453 e. The van der Waals surface area contributed by atoms with E-state index in [1.165, 1.54) is 31.4 Å². The minimum atomic E-state index is -2.44. The quantitative estimate of drug-likeness (QED) is 0.238. The Morgan fingerprint density at radius 3 is 2.34 bits per heavy atom. The van der Waals surface area contributed by atoms with Crippen molar-refractivity contribution in [3.8, 4) is 23.7 Å². The molecule has 10 heteroatoms. The third kappa shape index (κ3) is 7.39. The molecule has 0 unspecified atom stereocenters. The summed E-state index contributed by atoms with van der Waals surface area (Å²) in [6.45, 7) is 10.8. The number of carbonyl (C=O) groups is 2. The van der Waals surface area contributed by atoms with Gasteiger partial charge in [-0.15, -0.1) is 0 Å². The first-order valence-electron chi connectivity index (χ1n) is 12.5. The molecule has 0 radical (unpaired) electrons. The monoisotopic (exact) mass is 543 g/mol. The van der Waals surface area contributed by atoms with Crippen molar-refractivity contribution in [3.63, 3.8) is 0 Å². The van der Waals surface area contributed by atoms with Crippen molar-refractivity contribution in [2.45, 2.75) is 77.0 Å². The van der Waals surface area contributed by atoms with Crippen molar-refractivity contribution < 1.29 is 38.4 Å². The van der Waals surface area contributed by atoms with Crippen molar-refractivity contribution in [1.82, 2.24) is 5.32 Å². The average Bonchev–Trinajstić information content (AvgIpc) is 2.85. The van der Waals surface area contributed by atoms with Crippen molar-refractivity contribution in [2.24, 2.45) is 0 Å². The van der Waals surface area contributed by atoms with Gasteiger partial charge in [0.1, 0.15) is 11.7 Å². The number of aliphatic hydroxyl groups is 2. The van der Waals surface area contributed by atoms with Gasteiger partial charge in [-0.3, -0.25) is 5.32 Å². The maximum atomic E-state index is 12.8. The van der Waals surface area contributed by atoms with Crippen molar-refractivity contribution >= 4 is 20.6 Å². The van der Waals surface area contributed by atoms with Crippen LogP contribution in [0.15, 0.2) is 46.9 Å². The first-order valence-corrected chi connectivity index (χ1v) is 15.0. The highest BCUT2D eigenvalue weighted by molar-refractivity contribution is 6.73. The fourth-order valence-corrected chi connectivity index (χ4v) is 6.95. The second-order valence-electron chi connectivity index (χ2n) is 9.66. The second kappa shape index (κ2) is 13.0. The Labute approximate surface area is 225 Å². The lowest BCUT2D eigenvalue weighted by atomic mass is 9.79. The van der Waals surface area contributed by atoms with Gasteiger partial charge in [-0.2, -0.15) is 0 Å². The molecule has 1 amide bonds. The maximum Gasteiger partial charge on any atom is 0.514 e. The first kappa shape index (κ1) is 30.9. The van der Waals surface area contributed by atoms with E-state index in [1.54, 1.807) is 20.8 Å². The molecule has 3 N–H and O–H groups in total. The van der Waals surface area contributed by atoms with E-state index in [0.717, 1.165) is 18.1 Å². The van der Waals surface area contributed by atoms with Gasteiger partial charge in [0.05, 0.1) is 19.4 Å². The third-order valence-electron chi connectivity index (χ3n) is 6.14. The van der Waals surface area contributed by atoms with E-state index in [4.69, 9.17) is 18.6 Å². The van der Waals surface area contributed by atoms with E-state index >= 15 is 0 Å². The van der Waals surface area contributed by atoms with Crippen LogP contribution in [0.25, 0.3) is 0 Å². The minimum Gasteiger partial charge on any atom is -0.453 e. The molecule has 9 nitrogen and oxygen atoms in total. The number of methoxy groups -OCH3 is 1. The number of hydrogen-bond donors (Lipinski definition) is 3. The Morgan fingerprint density at radius 2 is 1.79 bits per heavy atom. The summed E-state index contributed by atoms with van der Waals surface area (Å²) in [5.74, 6) is 11.3. The molecule has 0 saturated carbocycles. The standard InChI is InChI=1S/C28H37NO8Si/c1-8-38(9-2,10-3)37-28-17-14-12-11-13-15-21(31)23(20(28)16-18-30)24(29-25(32)34-7)22(19-28)35-26(33)36-27(4,5)6/h11-12,16,19,21,30-31H,8-10,18H2,1-7H3,(H,29,32)/b12-11-,20-16+/t21-,28-/m1/s1. The third-order valence-corrected chi connectivity index (χ3v) is 10.8. The van der Waals surface area contributed by atoms with Gasteiger partial charge in [-0.25, -0.2) is 9.59 Å². The maximum absolute atomic E-state index is 12.8. The molecule has 0 aromatic heterocycles. The van der Waals surface area contributed by atoms with Crippen LogP contribution in [0.5, 0.6) is 0 Å². The number of allylic oxidation sites excluding steroid dienone is 2. The zero-order valence-corrected chi connectivity index (χ0v) is 24.1. The van der Waals surface area contributed by atoms with E-state index in [1.807, 2.05) is 20.8 Å². The van der Waals surface area contributed by atoms with Crippen LogP contribution in [0.1, 0.15) is 41.5 Å². The second-order valence-corrected chi connectivity index (χ2v) is 14.3. The number of amides is 1. The lowest BCUT2D eigenvalue weighted by Gasteiger charge is -2.43. The Balaban J connectivity index is 2.98. The Morgan fingerprint density at radius 1 is 1.16 bits per heavy atom. The lowest BCUT2D eigenvalue weighted by Crippen LogP contribution is -2.50. The normalized spacial score (nSPS) is 22.7. The van der Waals surface area contributed by atoms with Gasteiger partial charge in [0, 0.05) is 17.2 Å². The average molecular weight is 544 g/mol. The van der Waals surface area contributed by atoms with E-state index < -0.39 is 44.5 Å². The van der Waals surface area contributed by atoms with Gasteiger partial charge in [0.15, 0.2) is 19.7 Å². The molecule has 0 saturated heterocycles. The Kier molecular flexibility index (Phi) is 10.6. The molecule has 0 spiro atoms. The fraction of sp³-hybridized carbons (Fsp3) is 0.500. The summed E-state index contributed by atoms with van der Waals surface area (Å²) in [6.07, 6.45) is 2.51. The van der Waals surface area contributed by atoms with Gasteiger partial charge < -0.3 is 28.8 Å². The van der Waals surface area contributed by atoms with Crippen LogP contribution in [0, 0.1) is 23.7 Å². The van der Waals surface area contributed by atoms with Crippen molar-refractivity contribution in [1.29, 1.82) is 0 Å². The first-order chi connectivity index (χ1) is 17.9. The number of alkyl carbamates (subject to hydrolysis) is 1. The van der Waals surface area contributed by atoms with Gasteiger partial charge in [0.2, 0.25) is 0 Å². The van der Waals surface area contributed by atoms with Gasteiger partial charge >= 0.3 is 12.2 Å². The molecule has 38 heavy (non-hydrogen) atoms. The summed E-state index contributed by atoms with van der Waals surface area (Å²) in [6, 6.07) is 2.28. The molecule has 0 aromatic carbocycles. The topological polar surface area (TPSA) is 124 Å². The summed E-state index contributed by atoms with van der Waals surface area (Å²) < 4.78 is 22.7. The van der Waals surface area contributed by atoms with Gasteiger partial charge in [-0.05, 0) is 51.1 Å². The minimum absolute atomic E-state index is 0.0498. The van der Waals surface area contributed by atoms with Crippen molar-refractivity contribution in [3.05, 3.63) is 46.9 Å². The molecular formula is C28H37NO8Si. The van der Waals surface area contributed by atoms with Crippen LogP contribution in [-0.4, -0.2) is 61.8 Å². The lowest BCUT2D eigenvalue weighted by molar-refractivity contribution is 0.00607. The molecule has 2 bridgehead atoms. The highest BCUT2D eigenvalue weighted by Crippen LogP contribution is 2.43. The molecule has 2 aliphatic rings. The molecule has 0 aromatic rings. The number of nitrogens with one attached hydrogen (secondary N) is 1. The number of hydrogen-bond acceptors (Lipinski definition) is 8. The predicted molar refractivity (Wildman–Crippen MR) is 145 cm³/mol. The molecule has 2 atom stereocenters.